The van der Waals surface area contributed by atoms with Crippen molar-refractivity contribution in [3.63, 3.8) is 0 Å². The van der Waals surface area contributed by atoms with Crippen molar-refractivity contribution >= 4 is 17.5 Å². The van der Waals surface area contributed by atoms with Crippen molar-refractivity contribution in [2.24, 2.45) is 0 Å². The number of halogens is 1. The highest BCUT2D eigenvalue weighted by Crippen LogP contribution is 2.15. The van der Waals surface area contributed by atoms with Crippen LogP contribution in [0.4, 0.5) is 16.0 Å². The van der Waals surface area contributed by atoms with Crippen molar-refractivity contribution in [3.8, 4) is 0 Å². The van der Waals surface area contributed by atoms with Gasteiger partial charge in [0.05, 0.1) is 0 Å². The Balaban J connectivity index is 2.23. The lowest BCUT2D eigenvalue weighted by atomic mass is 10.3. The number of carbonyl (C=O) groups excluding carboxylic acids is 1. The number of amides is 1. The topological polar surface area (TPSA) is 76.0 Å². The minimum absolute atomic E-state index is 0.145. The maximum Gasteiger partial charge on any atom is 0.255 e. The average Bonchev–Trinajstić information content (AvgIpc) is 2.51. The molecule has 0 saturated heterocycles. The number of carbonyl (C=O) groups is 1. The fraction of sp³-hybridized carbons (Fsp3) is 0.353. The van der Waals surface area contributed by atoms with E-state index in [0.717, 1.165) is 12.8 Å². The second kappa shape index (κ2) is 8.24. The Labute approximate surface area is 139 Å². The molecule has 1 aromatic heterocycles. The zero-order valence-electron chi connectivity index (χ0n) is 13.8. The highest BCUT2D eigenvalue weighted by Gasteiger charge is 2.11. The van der Waals surface area contributed by atoms with E-state index in [1.165, 1.54) is 22.8 Å². The van der Waals surface area contributed by atoms with Crippen molar-refractivity contribution in [3.05, 3.63) is 52.2 Å². The predicted molar refractivity (Wildman–Crippen MR) is 90.8 cm³/mol. The maximum atomic E-state index is 13.3. The molecular formula is C17H21FN4O2. The van der Waals surface area contributed by atoms with Crippen molar-refractivity contribution in [2.75, 3.05) is 11.9 Å². The molecule has 6 nitrogen and oxygen atoms in total. The first-order valence-corrected chi connectivity index (χ1v) is 7.87. The van der Waals surface area contributed by atoms with Crippen LogP contribution in [0, 0.1) is 12.7 Å². The molecule has 0 saturated carbocycles. The fourth-order valence-corrected chi connectivity index (χ4v) is 2.17. The third kappa shape index (κ3) is 4.91. The number of hydrogen-bond donors (Lipinski definition) is 2. The number of aryl methyl sites for hydroxylation is 1. The monoisotopic (exact) mass is 332 g/mol. The molecule has 24 heavy (non-hydrogen) atoms. The molecule has 0 aliphatic heterocycles. The van der Waals surface area contributed by atoms with Gasteiger partial charge in [-0.15, -0.1) is 0 Å². The molecule has 0 unspecified atom stereocenters. The fourth-order valence-electron chi connectivity index (χ4n) is 2.17. The van der Waals surface area contributed by atoms with Crippen LogP contribution in [0.1, 0.15) is 25.5 Å². The van der Waals surface area contributed by atoms with E-state index in [1.807, 2.05) is 6.92 Å². The molecule has 0 radical (unpaired) electrons. The molecule has 1 amide bonds. The summed E-state index contributed by atoms with van der Waals surface area (Å²) >= 11 is 0. The third-order valence-electron chi connectivity index (χ3n) is 3.37. The summed E-state index contributed by atoms with van der Waals surface area (Å²) in [6.07, 6.45) is 1.85. The number of rotatable bonds is 7. The Hall–Kier alpha value is -2.70. The van der Waals surface area contributed by atoms with Gasteiger partial charge in [-0.1, -0.05) is 19.4 Å². The lowest BCUT2D eigenvalue weighted by Crippen LogP contribution is -2.34. The van der Waals surface area contributed by atoms with Gasteiger partial charge in [0.2, 0.25) is 11.9 Å². The van der Waals surface area contributed by atoms with Crippen molar-refractivity contribution in [1.29, 1.82) is 0 Å². The Bertz CT molecular complexity index is 773. The van der Waals surface area contributed by atoms with Gasteiger partial charge in [-0.05, 0) is 31.5 Å². The molecule has 2 N–H and O–H groups in total. The summed E-state index contributed by atoms with van der Waals surface area (Å²) < 4.78 is 14.6. The van der Waals surface area contributed by atoms with Crippen LogP contribution in [-0.2, 0) is 11.3 Å². The molecule has 0 bridgehead atoms. The molecule has 1 aromatic carbocycles. The minimum atomic E-state index is -0.404. The van der Waals surface area contributed by atoms with Gasteiger partial charge in [0, 0.05) is 24.0 Å². The van der Waals surface area contributed by atoms with Gasteiger partial charge in [-0.3, -0.25) is 14.2 Å². The number of anilines is 2. The second-order valence-electron chi connectivity index (χ2n) is 5.48. The highest BCUT2D eigenvalue weighted by atomic mass is 19.1. The number of aromatic nitrogens is 2. The third-order valence-corrected chi connectivity index (χ3v) is 3.37. The lowest BCUT2D eigenvalue weighted by Gasteiger charge is -2.14. The standard InChI is InChI=1S/C17H21FN4O2/c1-3-4-8-19-15(23)11-22-16(24)9-12(2)20-17(22)21-14-7-5-6-13(18)10-14/h5-7,9-10H,3-4,8,11H2,1-2H3,(H,19,23)(H,20,21). The highest BCUT2D eigenvalue weighted by molar-refractivity contribution is 5.76. The van der Waals surface area contributed by atoms with Gasteiger partial charge in [0.25, 0.3) is 5.56 Å². The Morgan fingerprint density at radius 1 is 1.33 bits per heavy atom. The summed E-state index contributed by atoms with van der Waals surface area (Å²) in [5.41, 5.74) is 0.626. The van der Waals surface area contributed by atoms with Crippen LogP contribution in [0.2, 0.25) is 0 Å². The van der Waals surface area contributed by atoms with Crippen LogP contribution in [-0.4, -0.2) is 22.0 Å². The zero-order chi connectivity index (χ0) is 17.5. The predicted octanol–water partition coefficient (Wildman–Crippen LogP) is 2.35. The smallest absolute Gasteiger partial charge is 0.255 e. The molecule has 0 aliphatic carbocycles. The number of unbranched alkanes of at least 4 members (excludes halogenated alkanes) is 1. The molecule has 2 rings (SSSR count). The van der Waals surface area contributed by atoms with E-state index in [9.17, 15) is 14.0 Å². The van der Waals surface area contributed by atoms with Crippen LogP contribution in [0.15, 0.2) is 35.1 Å². The number of benzene rings is 1. The minimum Gasteiger partial charge on any atom is -0.355 e. The first kappa shape index (κ1) is 17.7. The first-order chi connectivity index (χ1) is 11.5. The summed E-state index contributed by atoms with van der Waals surface area (Å²) in [7, 11) is 0. The number of hydrogen-bond acceptors (Lipinski definition) is 4. The van der Waals surface area contributed by atoms with Crippen LogP contribution in [0.3, 0.4) is 0 Å². The molecule has 0 atom stereocenters. The molecule has 0 spiro atoms. The summed E-state index contributed by atoms with van der Waals surface area (Å²) in [5.74, 6) is -0.464. The zero-order valence-corrected chi connectivity index (χ0v) is 13.8. The largest absolute Gasteiger partial charge is 0.355 e. The number of nitrogens with one attached hydrogen (secondary N) is 2. The Morgan fingerprint density at radius 3 is 2.83 bits per heavy atom. The van der Waals surface area contributed by atoms with E-state index in [0.29, 0.717) is 17.9 Å². The molecule has 2 aromatic rings. The van der Waals surface area contributed by atoms with E-state index in [-0.39, 0.29) is 24.0 Å². The molecular weight excluding hydrogens is 311 g/mol. The van der Waals surface area contributed by atoms with E-state index in [1.54, 1.807) is 19.1 Å². The van der Waals surface area contributed by atoms with Crippen molar-refractivity contribution in [1.82, 2.24) is 14.9 Å². The Kier molecular flexibility index (Phi) is 6.06. The average molecular weight is 332 g/mol. The van der Waals surface area contributed by atoms with Crippen LogP contribution < -0.4 is 16.2 Å². The van der Waals surface area contributed by atoms with E-state index >= 15 is 0 Å². The Morgan fingerprint density at radius 2 is 2.12 bits per heavy atom. The van der Waals surface area contributed by atoms with Gasteiger partial charge in [-0.25, -0.2) is 9.37 Å². The second-order valence-corrected chi connectivity index (χ2v) is 5.48. The summed E-state index contributed by atoms with van der Waals surface area (Å²) in [6, 6.07) is 7.18. The van der Waals surface area contributed by atoms with E-state index in [2.05, 4.69) is 15.6 Å². The van der Waals surface area contributed by atoms with Crippen molar-refractivity contribution < 1.29 is 9.18 Å². The number of nitrogens with zero attached hydrogens (tertiary/aromatic N) is 2. The maximum absolute atomic E-state index is 13.3. The summed E-state index contributed by atoms with van der Waals surface area (Å²) in [5, 5.41) is 5.66. The molecule has 0 fully saturated rings. The van der Waals surface area contributed by atoms with Gasteiger partial charge >= 0.3 is 0 Å². The molecule has 0 aliphatic rings. The van der Waals surface area contributed by atoms with Crippen LogP contribution in [0.25, 0.3) is 0 Å². The van der Waals surface area contributed by atoms with Crippen molar-refractivity contribution in [2.45, 2.75) is 33.2 Å². The SMILES string of the molecule is CCCCNC(=O)Cn1c(Nc2cccc(F)c2)nc(C)cc1=O. The van der Waals surface area contributed by atoms with Gasteiger partial charge in [0.15, 0.2) is 0 Å². The first-order valence-electron chi connectivity index (χ1n) is 7.87. The van der Waals surface area contributed by atoms with E-state index in [4.69, 9.17) is 0 Å². The van der Waals surface area contributed by atoms with Gasteiger partial charge < -0.3 is 10.6 Å². The summed E-state index contributed by atoms with van der Waals surface area (Å²) in [6.45, 7) is 4.13. The van der Waals surface area contributed by atoms with Crippen LogP contribution in [0.5, 0.6) is 0 Å². The lowest BCUT2D eigenvalue weighted by molar-refractivity contribution is -0.121. The molecule has 1 heterocycles. The quantitative estimate of drug-likeness (QED) is 0.763. The summed E-state index contributed by atoms with van der Waals surface area (Å²) in [4.78, 5) is 28.5. The van der Waals surface area contributed by atoms with Gasteiger partial charge in [0.1, 0.15) is 12.4 Å². The van der Waals surface area contributed by atoms with Crippen LogP contribution >= 0.6 is 0 Å². The van der Waals surface area contributed by atoms with Gasteiger partial charge in [-0.2, -0.15) is 0 Å². The molecule has 128 valence electrons. The normalized spacial score (nSPS) is 10.5. The molecule has 7 heteroatoms. The van der Waals surface area contributed by atoms with E-state index < -0.39 is 5.82 Å².